The first-order valence-electron chi connectivity index (χ1n) is 11.1. The number of ether oxygens (including phenoxy) is 3. The van der Waals surface area contributed by atoms with Crippen LogP contribution in [0.25, 0.3) is 0 Å². The van der Waals surface area contributed by atoms with Crippen LogP contribution in [0.3, 0.4) is 0 Å². The van der Waals surface area contributed by atoms with Crippen LogP contribution in [-0.4, -0.2) is 32.8 Å². The van der Waals surface area contributed by atoms with Crippen LogP contribution in [0.5, 0.6) is 17.2 Å². The molecule has 180 valence electrons. The van der Waals surface area contributed by atoms with E-state index in [1.807, 2.05) is 31.2 Å². The first-order valence-corrected chi connectivity index (χ1v) is 12.0. The van der Waals surface area contributed by atoms with Crippen LogP contribution < -0.4 is 25.4 Å². The Balaban J connectivity index is 1.32. The Morgan fingerprint density at radius 2 is 1.97 bits per heavy atom. The fraction of sp³-hybridized carbons (Fsp3) is 0.375. The molecule has 3 aromatic rings. The maximum Gasteiger partial charge on any atom is 0.233 e. The summed E-state index contributed by atoms with van der Waals surface area (Å²) >= 11 is 1.24. The summed E-state index contributed by atoms with van der Waals surface area (Å²) in [6.07, 6.45) is 0. The van der Waals surface area contributed by atoms with Gasteiger partial charge >= 0.3 is 0 Å². The van der Waals surface area contributed by atoms with Crippen molar-refractivity contribution in [1.29, 1.82) is 0 Å². The van der Waals surface area contributed by atoms with E-state index in [1.165, 1.54) is 16.4 Å². The number of nitrogens with zero attached hydrogens (tertiary/aromatic N) is 3. The largest absolute Gasteiger partial charge is 0.485 e. The van der Waals surface area contributed by atoms with E-state index < -0.39 is 5.25 Å². The molecule has 1 unspecified atom stereocenters. The second-order valence-corrected chi connectivity index (χ2v) is 9.73. The summed E-state index contributed by atoms with van der Waals surface area (Å²) < 4.78 is 18.1. The Labute approximate surface area is 203 Å². The van der Waals surface area contributed by atoms with Gasteiger partial charge < -0.3 is 25.4 Å². The van der Waals surface area contributed by atoms with E-state index in [4.69, 9.17) is 20.1 Å². The van der Waals surface area contributed by atoms with Gasteiger partial charge in [-0.05, 0) is 54.7 Å². The van der Waals surface area contributed by atoms with E-state index >= 15 is 0 Å². The lowest BCUT2D eigenvalue weighted by atomic mass is 10.0. The average molecular weight is 484 g/mol. The molecule has 0 bridgehead atoms. The molecule has 1 aromatic heterocycles. The number of nitrogen functional groups attached to an aromatic ring is 1. The lowest BCUT2D eigenvalue weighted by Gasteiger charge is -2.15. The number of nitrogens with one attached hydrogen (secondary N) is 1. The van der Waals surface area contributed by atoms with Crippen molar-refractivity contribution in [3.8, 4) is 17.2 Å². The van der Waals surface area contributed by atoms with E-state index in [9.17, 15) is 4.79 Å². The molecule has 1 atom stereocenters. The molecule has 0 spiro atoms. The second-order valence-electron chi connectivity index (χ2n) is 8.42. The minimum atomic E-state index is -0.418. The van der Waals surface area contributed by atoms with Gasteiger partial charge in [0, 0.05) is 6.54 Å². The van der Waals surface area contributed by atoms with Crippen molar-refractivity contribution >= 4 is 17.7 Å². The maximum atomic E-state index is 12.6. The summed E-state index contributed by atoms with van der Waals surface area (Å²) in [7, 11) is 0. The molecule has 0 radical (unpaired) electrons. The number of aromatic nitrogens is 3. The molecule has 0 aliphatic carbocycles. The molecular formula is C24H29N5O4S. The highest BCUT2D eigenvalue weighted by Gasteiger charge is 2.20. The molecule has 10 heteroatoms. The second kappa shape index (κ2) is 10.3. The number of carbonyl (C=O) groups is 1. The number of rotatable bonds is 9. The Hall–Kier alpha value is -3.40. The molecule has 0 saturated heterocycles. The van der Waals surface area contributed by atoms with Gasteiger partial charge in [0.25, 0.3) is 0 Å². The number of amides is 1. The zero-order valence-corrected chi connectivity index (χ0v) is 20.5. The molecule has 2 heterocycles. The topological polar surface area (TPSA) is 114 Å². The number of carbonyl (C=O) groups excluding carboxylic acids is 1. The van der Waals surface area contributed by atoms with Crippen LogP contribution in [0, 0.1) is 6.92 Å². The Morgan fingerprint density at radius 1 is 1.18 bits per heavy atom. The highest BCUT2D eigenvalue weighted by molar-refractivity contribution is 8.00. The van der Waals surface area contributed by atoms with Crippen molar-refractivity contribution in [2.45, 2.75) is 57.2 Å². The fourth-order valence-corrected chi connectivity index (χ4v) is 4.28. The molecule has 9 nitrogen and oxygen atoms in total. The van der Waals surface area contributed by atoms with Gasteiger partial charge in [-0.2, -0.15) is 0 Å². The third-order valence-electron chi connectivity index (χ3n) is 5.44. The van der Waals surface area contributed by atoms with Gasteiger partial charge in [-0.25, -0.2) is 4.68 Å². The zero-order valence-electron chi connectivity index (χ0n) is 19.7. The molecule has 1 aliphatic rings. The SMILES string of the molecule is Cc1ccc(C(C)C)c(OCc2nnc(SC(C)C(=O)NCc3ccc4c(c3)OCO4)n2N)c1. The van der Waals surface area contributed by atoms with E-state index in [-0.39, 0.29) is 19.3 Å². The molecule has 34 heavy (non-hydrogen) atoms. The standard InChI is InChI=1S/C24H29N5O4S/c1-14(2)18-7-5-15(3)9-20(18)31-12-22-27-28-24(29(22)25)34-16(4)23(30)26-11-17-6-8-19-21(10-17)33-13-32-19/h5-10,14,16H,11-13,25H2,1-4H3,(H,26,30). The number of nitrogens with two attached hydrogens (primary N) is 1. The smallest absolute Gasteiger partial charge is 0.233 e. The van der Waals surface area contributed by atoms with E-state index in [0.29, 0.717) is 34.9 Å². The Kier molecular flexibility index (Phi) is 7.16. The van der Waals surface area contributed by atoms with Crippen molar-refractivity contribution < 1.29 is 19.0 Å². The fourth-order valence-electron chi connectivity index (χ4n) is 3.47. The molecule has 4 rings (SSSR count). The molecular weight excluding hydrogens is 454 g/mol. The number of fused-ring (bicyclic) bond motifs is 1. The minimum Gasteiger partial charge on any atom is -0.485 e. The van der Waals surface area contributed by atoms with Crippen molar-refractivity contribution in [3.05, 3.63) is 58.9 Å². The van der Waals surface area contributed by atoms with Gasteiger partial charge in [-0.3, -0.25) is 4.79 Å². The first kappa shape index (κ1) is 23.7. The molecule has 1 amide bonds. The van der Waals surface area contributed by atoms with E-state index in [2.05, 4.69) is 41.5 Å². The Morgan fingerprint density at radius 3 is 2.76 bits per heavy atom. The summed E-state index contributed by atoms with van der Waals surface area (Å²) in [5.74, 6) is 9.07. The van der Waals surface area contributed by atoms with Crippen LogP contribution >= 0.6 is 11.8 Å². The van der Waals surface area contributed by atoms with Gasteiger partial charge in [-0.15, -0.1) is 10.2 Å². The monoisotopic (exact) mass is 483 g/mol. The summed E-state index contributed by atoms with van der Waals surface area (Å²) in [6, 6.07) is 11.8. The molecule has 0 saturated carbocycles. The van der Waals surface area contributed by atoms with Gasteiger partial charge in [0.05, 0.1) is 5.25 Å². The lowest BCUT2D eigenvalue weighted by Crippen LogP contribution is -2.31. The number of hydrogen-bond donors (Lipinski definition) is 2. The van der Waals surface area contributed by atoms with Crippen LogP contribution in [0.2, 0.25) is 0 Å². The number of aryl methyl sites for hydroxylation is 1. The van der Waals surface area contributed by atoms with Gasteiger partial charge in [0.1, 0.15) is 12.4 Å². The number of benzene rings is 2. The van der Waals surface area contributed by atoms with Gasteiger partial charge in [-0.1, -0.05) is 43.8 Å². The molecule has 0 fully saturated rings. The summed E-state index contributed by atoms with van der Waals surface area (Å²) in [4.78, 5) is 12.6. The first-order chi connectivity index (χ1) is 16.3. The van der Waals surface area contributed by atoms with Crippen LogP contribution in [0.15, 0.2) is 41.6 Å². The van der Waals surface area contributed by atoms with Crippen LogP contribution in [0.4, 0.5) is 0 Å². The van der Waals surface area contributed by atoms with E-state index in [0.717, 1.165) is 22.4 Å². The zero-order chi connectivity index (χ0) is 24.2. The predicted octanol–water partition coefficient (Wildman–Crippen LogP) is 3.53. The number of hydrogen-bond acceptors (Lipinski definition) is 8. The van der Waals surface area contributed by atoms with Crippen molar-refractivity contribution in [3.63, 3.8) is 0 Å². The highest BCUT2D eigenvalue weighted by Crippen LogP contribution is 2.32. The van der Waals surface area contributed by atoms with Crippen LogP contribution in [0.1, 0.15) is 49.2 Å². The third-order valence-corrected chi connectivity index (χ3v) is 6.49. The summed E-state index contributed by atoms with van der Waals surface area (Å²) in [6.45, 7) is 8.84. The predicted molar refractivity (Wildman–Crippen MR) is 130 cm³/mol. The van der Waals surface area contributed by atoms with Gasteiger partial charge in [0.15, 0.2) is 17.3 Å². The average Bonchev–Trinajstić information content (AvgIpc) is 3.42. The highest BCUT2D eigenvalue weighted by atomic mass is 32.2. The quantitative estimate of drug-likeness (QED) is 0.351. The maximum absolute atomic E-state index is 12.6. The van der Waals surface area contributed by atoms with Crippen molar-refractivity contribution in [2.24, 2.45) is 0 Å². The van der Waals surface area contributed by atoms with Gasteiger partial charge in [0.2, 0.25) is 17.9 Å². The van der Waals surface area contributed by atoms with Crippen molar-refractivity contribution in [2.75, 3.05) is 12.6 Å². The normalized spacial score (nSPS) is 13.2. The summed E-state index contributed by atoms with van der Waals surface area (Å²) in [5, 5.41) is 11.2. The van der Waals surface area contributed by atoms with Crippen molar-refractivity contribution in [1.82, 2.24) is 20.2 Å². The summed E-state index contributed by atoms with van der Waals surface area (Å²) in [5.41, 5.74) is 3.16. The third kappa shape index (κ3) is 5.39. The minimum absolute atomic E-state index is 0.134. The molecule has 1 aliphatic heterocycles. The van der Waals surface area contributed by atoms with Crippen LogP contribution in [-0.2, 0) is 17.9 Å². The molecule has 3 N–H and O–H groups in total. The lowest BCUT2D eigenvalue weighted by molar-refractivity contribution is -0.120. The number of thioether (sulfide) groups is 1. The van der Waals surface area contributed by atoms with E-state index in [1.54, 1.807) is 6.92 Å². The molecule has 2 aromatic carbocycles. The Bertz CT molecular complexity index is 1180.